The first-order valence-corrected chi connectivity index (χ1v) is 7.90. The van der Waals surface area contributed by atoms with E-state index in [-0.39, 0.29) is 6.10 Å². The van der Waals surface area contributed by atoms with E-state index in [4.69, 9.17) is 9.72 Å². The first-order chi connectivity index (χ1) is 8.80. The summed E-state index contributed by atoms with van der Waals surface area (Å²) in [5, 5.41) is 4.57. The van der Waals surface area contributed by atoms with Crippen LogP contribution in [0.25, 0.3) is 0 Å². The third-order valence-corrected chi connectivity index (χ3v) is 4.74. The Hall–Kier alpha value is -0.450. The molecule has 2 rings (SSSR count). The molecule has 18 heavy (non-hydrogen) atoms. The Kier molecular flexibility index (Phi) is 5.15. The molecule has 0 fully saturated rings. The molecule has 0 radical (unpaired) electrons. The fourth-order valence-corrected chi connectivity index (χ4v) is 3.85. The van der Waals surface area contributed by atoms with Crippen molar-refractivity contribution in [3.8, 4) is 0 Å². The normalized spacial score (nSPS) is 20.7. The summed E-state index contributed by atoms with van der Waals surface area (Å²) in [5.41, 5.74) is 1.28. The average Bonchev–Trinajstić information content (AvgIpc) is 2.82. The van der Waals surface area contributed by atoms with Gasteiger partial charge in [0, 0.05) is 11.5 Å². The van der Waals surface area contributed by atoms with Crippen molar-refractivity contribution in [3.05, 3.63) is 15.6 Å². The Morgan fingerprint density at radius 1 is 1.50 bits per heavy atom. The molecule has 1 N–H and O–H groups in total. The number of aryl methyl sites for hydroxylation is 1. The lowest BCUT2D eigenvalue weighted by molar-refractivity contribution is 0.0553. The zero-order valence-corrected chi connectivity index (χ0v) is 12.5. The fraction of sp³-hybridized carbons (Fsp3) is 0.786. The van der Waals surface area contributed by atoms with Gasteiger partial charge < -0.3 is 10.1 Å². The molecule has 1 aromatic rings. The number of aromatic nitrogens is 1. The SMILES string of the molecule is CCCC(OCC)c1nc2c(s1)CCCC2NC. The molecule has 2 unspecified atom stereocenters. The second kappa shape index (κ2) is 6.64. The van der Waals surface area contributed by atoms with Crippen molar-refractivity contribution in [1.82, 2.24) is 10.3 Å². The standard InChI is InChI=1S/C14H24N2OS/c1-4-7-11(17-5-2)14-16-13-10(15-3)8-6-9-12(13)18-14/h10-11,15H,4-9H2,1-3H3. The van der Waals surface area contributed by atoms with Crippen LogP contribution in [0.1, 0.15) is 67.3 Å². The van der Waals surface area contributed by atoms with Crippen molar-refractivity contribution in [2.75, 3.05) is 13.7 Å². The highest BCUT2D eigenvalue weighted by Crippen LogP contribution is 2.36. The van der Waals surface area contributed by atoms with Crippen LogP contribution >= 0.6 is 11.3 Å². The fourth-order valence-electron chi connectivity index (χ4n) is 2.60. The summed E-state index contributed by atoms with van der Waals surface area (Å²) < 4.78 is 5.84. The van der Waals surface area contributed by atoms with Crippen molar-refractivity contribution < 1.29 is 4.74 Å². The molecule has 0 aromatic carbocycles. The number of rotatable bonds is 6. The molecule has 1 aromatic heterocycles. The van der Waals surface area contributed by atoms with Gasteiger partial charge in [0.15, 0.2) is 0 Å². The van der Waals surface area contributed by atoms with E-state index in [0.29, 0.717) is 6.04 Å². The predicted molar refractivity (Wildman–Crippen MR) is 76.1 cm³/mol. The Bertz CT molecular complexity index is 372. The van der Waals surface area contributed by atoms with Gasteiger partial charge in [0.2, 0.25) is 0 Å². The Morgan fingerprint density at radius 2 is 2.33 bits per heavy atom. The molecule has 0 bridgehead atoms. The molecule has 1 heterocycles. The van der Waals surface area contributed by atoms with E-state index < -0.39 is 0 Å². The highest BCUT2D eigenvalue weighted by Gasteiger charge is 2.26. The van der Waals surface area contributed by atoms with Crippen molar-refractivity contribution in [2.45, 2.75) is 58.1 Å². The molecule has 1 aliphatic carbocycles. The van der Waals surface area contributed by atoms with Gasteiger partial charge in [-0.2, -0.15) is 0 Å². The van der Waals surface area contributed by atoms with Gasteiger partial charge in [-0.15, -0.1) is 11.3 Å². The predicted octanol–water partition coefficient (Wildman–Crippen LogP) is 3.62. The van der Waals surface area contributed by atoms with E-state index in [9.17, 15) is 0 Å². The molecule has 3 nitrogen and oxygen atoms in total. The van der Waals surface area contributed by atoms with E-state index in [1.54, 1.807) is 0 Å². The highest BCUT2D eigenvalue weighted by molar-refractivity contribution is 7.11. The van der Waals surface area contributed by atoms with Gasteiger partial charge in [-0.25, -0.2) is 4.98 Å². The molecular weight excluding hydrogens is 244 g/mol. The van der Waals surface area contributed by atoms with Crippen LogP contribution in [0.5, 0.6) is 0 Å². The van der Waals surface area contributed by atoms with Crippen molar-refractivity contribution in [3.63, 3.8) is 0 Å². The summed E-state index contributed by atoms with van der Waals surface area (Å²) in [7, 11) is 2.03. The molecular formula is C14H24N2OS. The second-order valence-corrected chi connectivity index (χ2v) is 5.94. The van der Waals surface area contributed by atoms with Crippen LogP contribution < -0.4 is 5.32 Å². The number of hydrogen-bond acceptors (Lipinski definition) is 4. The van der Waals surface area contributed by atoms with E-state index in [1.165, 1.54) is 34.8 Å². The van der Waals surface area contributed by atoms with E-state index >= 15 is 0 Å². The van der Waals surface area contributed by atoms with Crippen LogP contribution in [0.2, 0.25) is 0 Å². The van der Waals surface area contributed by atoms with Crippen LogP contribution in [-0.2, 0) is 11.2 Å². The molecule has 102 valence electrons. The molecule has 1 aliphatic rings. The van der Waals surface area contributed by atoms with Gasteiger partial charge in [0.1, 0.15) is 11.1 Å². The minimum absolute atomic E-state index is 0.202. The Balaban J connectivity index is 2.21. The minimum Gasteiger partial charge on any atom is -0.371 e. The highest BCUT2D eigenvalue weighted by atomic mass is 32.1. The lowest BCUT2D eigenvalue weighted by Gasteiger charge is -2.20. The lowest BCUT2D eigenvalue weighted by atomic mass is 9.98. The summed E-state index contributed by atoms with van der Waals surface area (Å²) in [6, 6.07) is 0.447. The van der Waals surface area contributed by atoms with Crippen LogP contribution in [0, 0.1) is 0 Å². The topological polar surface area (TPSA) is 34.1 Å². The lowest BCUT2D eigenvalue weighted by Crippen LogP contribution is -2.21. The number of nitrogens with one attached hydrogen (secondary N) is 1. The molecule has 2 atom stereocenters. The van der Waals surface area contributed by atoms with Gasteiger partial charge in [-0.05, 0) is 39.7 Å². The van der Waals surface area contributed by atoms with Crippen molar-refractivity contribution in [1.29, 1.82) is 0 Å². The van der Waals surface area contributed by atoms with Crippen molar-refractivity contribution in [2.24, 2.45) is 0 Å². The molecule has 0 spiro atoms. The average molecular weight is 268 g/mol. The largest absolute Gasteiger partial charge is 0.371 e. The quantitative estimate of drug-likeness (QED) is 0.855. The number of fused-ring (bicyclic) bond motifs is 1. The smallest absolute Gasteiger partial charge is 0.122 e. The summed E-state index contributed by atoms with van der Waals surface area (Å²) >= 11 is 1.87. The molecule has 0 saturated carbocycles. The molecule has 4 heteroatoms. The number of nitrogens with zero attached hydrogens (tertiary/aromatic N) is 1. The summed E-state index contributed by atoms with van der Waals surface area (Å²) in [6.07, 6.45) is 6.09. The molecule has 0 saturated heterocycles. The van der Waals surface area contributed by atoms with Crippen molar-refractivity contribution >= 4 is 11.3 Å². The second-order valence-electron chi connectivity index (χ2n) is 4.83. The number of thiazole rings is 1. The zero-order chi connectivity index (χ0) is 13.0. The third kappa shape index (κ3) is 2.92. The van der Waals surface area contributed by atoms with Crippen LogP contribution in [0.15, 0.2) is 0 Å². The number of ether oxygens (including phenoxy) is 1. The summed E-state index contributed by atoms with van der Waals surface area (Å²) in [4.78, 5) is 6.34. The van der Waals surface area contributed by atoms with Crippen LogP contribution in [-0.4, -0.2) is 18.6 Å². The van der Waals surface area contributed by atoms with Crippen LogP contribution in [0.4, 0.5) is 0 Å². The zero-order valence-electron chi connectivity index (χ0n) is 11.7. The number of hydrogen-bond donors (Lipinski definition) is 1. The third-order valence-electron chi connectivity index (χ3n) is 3.51. The van der Waals surface area contributed by atoms with Crippen LogP contribution in [0.3, 0.4) is 0 Å². The van der Waals surface area contributed by atoms with Gasteiger partial charge in [0.25, 0.3) is 0 Å². The van der Waals surface area contributed by atoms with Gasteiger partial charge >= 0.3 is 0 Å². The maximum Gasteiger partial charge on any atom is 0.122 e. The Labute approximate surface area is 114 Å². The minimum atomic E-state index is 0.202. The van der Waals surface area contributed by atoms with E-state index in [2.05, 4.69) is 19.2 Å². The Morgan fingerprint density at radius 3 is 3.00 bits per heavy atom. The molecule has 0 amide bonds. The monoisotopic (exact) mass is 268 g/mol. The maximum absolute atomic E-state index is 5.84. The summed E-state index contributed by atoms with van der Waals surface area (Å²) in [6.45, 7) is 5.03. The first kappa shape index (κ1) is 14.0. The summed E-state index contributed by atoms with van der Waals surface area (Å²) in [5.74, 6) is 0. The van der Waals surface area contributed by atoms with E-state index in [0.717, 1.165) is 19.4 Å². The van der Waals surface area contributed by atoms with E-state index in [1.807, 2.05) is 18.4 Å². The van der Waals surface area contributed by atoms with Gasteiger partial charge in [-0.1, -0.05) is 13.3 Å². The van der Waals surface area contributed by atoms with Gasteiger partial charge in [-0.3, -0.25) is 0 Å². The first-order valence-electron chi connectivity index (χ1n) is 7.08. The van der Waals surface area contributed by atoms with Gasteiger partial charge in [0.05, 0.1) is 11.7 Å². The molecule has 0 aliphatic heterocycles. The maximum atomic E-state index is 5.84.